The number of methoxy groups -OCH3 is 2. The summed E-state index contributed by atoms with van der Waals surface area (Å²) >= 11 is 0. The molecule has 0 unspecified atom stereocenters. The van der Waals surface area contributed by atoms with E-state index in [0.29, 0.717) is 11.5 Å². The van der Waals surface area contributed by atoms with Crippen LogP contribution in [-0.2, 0) is 4.79 Å². The standard InChI is InChI=1S/C12H15NO3/c1-15-10-6-4-7-11(16-2)9(10)5-3-8-12(13)14/h3-7H,8H2,1-2H3,(H2,13,14). The van der Waals surface area contributed by atoms with Gasteiger partial charge in [-0.1, -0.05) is 18.2 Å². The van der Waals surface area contributed by atoms with Crippen molar-refractivity contribution >= 4 is 12.0 Å². The number of ether oxygens (including phenoxy) is 2. The van der Waals surface area contributed by atoms with Crippen LogP contribution in [0.5, 0.6) is 11.5 Å². The first-order chi connectivity index (χ1) is 7.69. The first-order valence-electron chi connectivity index (χ1n) is 4.85. The maximum absolute atomic E-state index is 10.6. The Labute approximate surface area is 94.7 Å². The van der Waals surface area contributed by atoms with Gasteiger partial charge in [-0.15, -0.1) is 0 Å². The highest BCUT2D eigenvalue weighted by Crippen LogP contribution is 2.29. The monoisotopic (exact) mass is 221 g/mol. The first-order valence-corrected chi connectivity index (χ1v) is 4.85. The van der Waals surface area contributed by atoms with E-state index in [-0.39, 0.29) is 12.3 Å². The van der Waals surface area contributed by atoms with Gasteiger partial charge in [0.1, 0.15) is 11.5 Å². The summed E-state index contributed by atoms with van der Waals surface area (Å²) in [5.74, 6) is 1.02. The number of hydrogen-bond donors (Lipinski definition) is 1. The minimum absolute atomic E-state index is 0.196. The molecule has 16 heavy (non-hydrogen) atoms. The second kappa shape index (κ2) is 5.80. The average molecular weight is 221 g/mol. The Morgan fingerprint density at radius 3 is 2.31 bits per heavy atom. The van der Waals surface area contributed by atoms with Crippen LogP contribution in [0.1, 0.15) is 12.0 Å². The number of nitrogens with two attached hydrogens (primary N) is 1. The molecular formula is C12H15NO3. The Morgan fingerprint density at radius 2 is 1.88 bits per heavy atom. The molecule has 0 spiro atoms. The largest absolute Gasteiger partial charge is 0.496 e. The Balaban J connectivity index is 2.99. The second-order valence-corrected chi connectivity index (χ2v) is 3.15. The first kappa shape index (κ1) is 12.1. The fraction of sp³-hybridized carbons (Fsp3) is 0.250. The van der Waals surface area contributed by atoms with Crippen LogP contribution in [0.15, 0.2) is 24.3 Å². The fourth-order valence-corrected chi connectivity index (χ4v) is 1.34. The molecule has 1 aromatic carbocycles. The molecule has 0 aromatic heterocycles. The molecule has 4 heteroatoms. The summed E-state index contributed by atoms with van der Waals surface area (Å²) in [7, 11) is 3.17. The average Bonchev–Trinajstić information content (AvgIpc) is 2.28. The van der Waals surface area contributed by atoms with Gasteiger partial charge in [0, 0.05) is 6.42 Å². The van der Waals surface area contributed by atoms with Crippen molar-refractivity contribution in [2.24, 2.45) is 5.73 Å². The minimum atomic E-state index is -0.370. The highest BCUT2D eigenvalue weighted by atomic mass is 16.5. The van der Waals surface area contributed by atoms with Gasteiger partial charge in [0.25, 0.3) is 0 Å². The maximum atomic E-state index is 10.6. The minimum Gasteiger partial charge on any atom is -0.496 e. The van der Waals surface area contributed by atoms with Gasteiger partial charge in [0.2, 0.25) is 5.91 Å². The fourth-order valence-electron chi connectivity index (χ4n) is 1.34. The van der Waals surface area contributed by atoms with Crippen LogP contribution in [0.2, 0.25) is 0 Å². The lowest BCUT2D eigenvalue weighted by Crippen LogP contribution is -2.07. The molecule has 0 fully saturated rings. The van der Waals surface area contributed by atoms with Crippen LogP contribution in [-0.4, -0.2) is 20.1 Å². The van der Waals surface area contributed by atoms with E-state index in [1.165, 1.54) is 0 Å². The van der Waals surface area contributed by atoms with Crippen molar-refractivity contribution in [3.05, 3.63) is 29.8 Å². The van der Waals surface area contributed by atoms with E-state index in [0.717, 1.165) is 5.56 Å². The lowest BCUT2D eigenvalue weighted by molar-refractivity contribution is -0.117. The Hall–Kier alpha value is -1.97. The van der Waals surface area contributed by atoms with E-state index < -0.39 is 0 Å². The number of benzene rings is 1. The summed E-state index contributed by atoms with van der Waals surface area (Å²) in [6, 6.07) is 5.49. The van der Waals surface area contributed by atoms with E-state index in [1.54, 1.807) is 26.4 Å². The van der Waals surface area contributed by atoms with Gasteiger partial charge in [-0.25, -0.2) is 0 Å². The van der Waals surface area contributed by atoms with E-state index in [4.69, 9.17) is 15.2 Å². The maximum Gasteiger partial charge on any atom is 0.221 e. The zero-order chi connectivity index (χ0) is 12.0. The number of amides is 1. The van der Waals surface area contributed by atoms with Gasteiger partial charge in [-0.3, -0.25) is 4.79 Å². The molecule has 1 rings (SSSR count). The molecule has 0 bridgehead atoms. The Bertz CT molecular complexity index is 377. The van der Waals surface area contributed by atoms with Gasteiger partial charge in [-0.05, 0) is 12.1 Å². The lowest BCUT2D eigenvalue weighted by atomic mass is 10.1. The molecule has 0 atom stereocenters. The zero-order valence-electron chi connectivity index (χ0n) is 9.40. The van der Waals surface area contributed by atoms with Crippen LogP contribution in [0.4, 0.5) is 0 Å². The van der Waals surface area contributed by atoms with Crippen molar-refractivity contribution in [2.45, 2.75) is 6.42 Å². The third-order valence-electron chi connectivity index (χ3n) is 2.07. The van der Waals surface area contributed by atoms with E-state index in [2.05, 4.69) is 0 Å². The molecule has 0 saturated carbocycles. The molecule has 86 valence electrons. The van der Waals surface area contributed by atoms with Crippen molar-refractivity contribution in [3.63, 3.8) is 0 Å². The van der Waals surface area contributed by atoms with E-state index in [9.17, 15) is 4.79 Å². The summed E-state index contributed by atoms with van der Waals surface area (Å²) in [6.07, 6.45) is 3.65. The van der Waals surface area contributed by atoms with E-state index in [1.807, 2.05) is 18.2 Å². The van der Waals surface area contributed by atoms with Crippen LogP contribution < -0.4 is 15.2 Å². The topological polar surface area (TPSA) is 61.6 Å². The van der Waals surface area contributed by atoms with Crippen molar-refractivity contribution in [1.82, 2.24) is 0 Å². The second-order valence-electron chi connectivity index (χ2n) is 3.15. The number of rotatable bonds is 5. The third-order valence-corrected chi connectivity index (χ3v) is 2.07. The normalized spacial score (nSPS) is 10.4. The molecule has 1 amide bonds. The summed E-state index contributed by atoms with van der Waals surface area (Å²) in [5.41, 5.74) is 5.84. The van der Waals surface area contributed by atoms with Gasteiger partial charge in [0.15, 0.2) is 0 Å². The molecule has 0 heterocycles. The number of primary amides is 1. The molecule has 0 radical (unpaired) electrons. The molecule has 4 nitrogen and oxygen atoms in total. The van der Waals surface area contributed by atoms with Crippen LogP contribution >= 0.6 is 0 Å². The Kier molecular flexibility index (Phi) is 4.39. The molecular weight excluding hydrogens is 206 g/mol. The molecule has 0 aliphatic carbocycles. The molecule has 2 N–H and O–H groups in total. The quantitative estimate of drug-likeness (QED) is 0.821. The number of carbonyl (C=O) groups is 1. The van der Waals surface area contributed by atoms with Gasteiger partial charge < -0.3 is 15.2 Å². The lowest BCUT2D eigenvalue weighted by Gasteiger charge is -2.09. The molecule has 1 aromatic rings. The molecule has 0 aliphatic rings. The smallest absolute Gasteiger partial charge is 0.221 e. The van der Waals surface area contributed by atoms with Crippen LogP contribution in [0.3, 0.4) is 0 Å². The molecule has 0 aliphatic heterocycles. The summed E-state index contributed by atoms with van der Waals surface area (Å²) in [5, 5.41) is 0. The summed E-state index contributed by atoms with van der Waals surface area (Å²) in [6.45, 7) is 0. The van der Waals surface area contributed by atoms with Gasteiger partial charge in [0.05, 0.1) is 19.8 Å². The number of hydrogen-bond acceptors (Lipinski definition) is 3. The highest BCUT2D eigenvalue weighted by molar-refractivity contribution is 5.77. The van der Waals surface area contributed by atoms with Gasteiger partial charge in [-0.2, -0.15) is 0 Å². The summed E-state index contributed by atoms with van der Waals surface area (Å²) < 4.78 is 10.4. The van der Waals surface area contributed by atoms with Crippen molar-refractivity contribution in [3.8, 4) is 11.5 Å². The highest BCUT2D eigenvalue weighted by Gasteiger charge is 2.05. The van der Waals surface area contributed by atoms with Crippen molar-refractivity contribution in [2.75, 3.05) is 14.2 Å². The van der Waals surface area contributed by atoms with Crippen molar-refractivity contribution < 1.29 is 14.3 Å². The van der Waals surface area contributed by atoms with Crippen LogP contribution in [0, 0.1) is 0 Å². The third kappa shape index (κ3) is 3.02. The van der Waals surface area contributed by atoms with Gasteiger partial charge >= 0.3 is 0 Å². The van der Waals surface area contributed by atoms with Crippen molar-refractivity contribution in [1.29, 1.82) is 0 Å². The van der Waals surface area contributed by atoms with E-state index >= 15 is 0 Å². The van der Waals surface area contributed by atoms with Crippen LogP contribution in [0.25, 0.3) is 6.08 Å². The zero-order valence-corrected chi connectivity index (χ0v) is 9.40. The predicted molar refractivity (Wildman–Crippen MR) is 62.4 cm³/mol. The Morgan fingerprint density at radius 1 is 1.31 bits per heavy atom. The predicted octanol–water partition coefficient (Wildman–Crippen LogP) is 1.59. The SMILES string of the molecule is COc1cccc(OC)c1C=CCC(N)=O. The molecule has 0 saturated heterocycles. The summed E-state index contributed by atoms with van der Waals surface area (Å²) in [4.78, 5) is 10.6. The number of carbonyl (C=O) groups excluding carboxylic acids is 1.